The molecule has 2 aliphatic carbocycles. The zero-order valence-corrected chi connectivity index (χ0v) is 46.0. The van der Waals surface area contributed by atoms with Crippen molar-refractivity contribution in [3.8, 4) is 50.9 Å². The Bertz CT molecular complexity index is 3770. The second kappa shape index (κ2) is 17.7. The second-order valence-corrected chi connectivity index (χ2v) is 25.5. The Labute approximate surface area is 444 Å². The molecule has 0 saturated carbocycles. The van der Waals surface area contributed by atoms with Crippen LogP contribution in [0.25, 0.3) is 72.3 Å². The summed E-state index contributed by atoms with van der Waals surface area (Å²) in [6, 6.07) is 58.2. The number of hydrogen-bond donors (Lipinski definition) is 0. The van der Waals surface area contributed by atoms with E-state index < -0.39 is 0 Å². The third-order valence-corrected chi connectivity index (χ3v) is 17.4. The van der Waals surface area contributed by atoms with Crippen LogP contribution in [0.2, 0.25) is 0 Å². The lowest BCUT2D eigenvalue weighted by Crippen LogP contribution is -2.31. The van der Waals surface area contributed by atoms with Gasteiger partial charge in [0.2, 0.25) is 0 Å². The predicted molar refractivity (Wildman–Crippen MR) is 312 cm³/mol. The van der Waals surface area contributed by atoms with E-state index in [9.17, 15) is 0 Å². The van der Waals surface area contributed by atoms with Crippen molar-refractivity contribution in [2.45, 2.75) is 142 Å². The lowest BCUT2D eigenvalue weighted by molar-refractivity contribution is -0.571. The fourth-order valence-electron chi connectivity index (χ4n) is 13.0. The summed E-state index contributed by atoms with van der Waals surface area (Å²) in [6.45, 7) is 26.3. The normalized spacial score (nSPS) is 16.8. The molecule has 3 heterocycles. The first-order valence-electron chi connectivity index (χ1n) is 27.5. The number of imidazole rings is 1. The summed E-state index contributed by atoms with van der Waals surface area (Å²) in [6.07, 6.45) is 13.1. The summed E-state index contributed by atoms with van der Waals surface area (Å²) < 4.78 is 13.7. The van der Waals surface area contributed by atoms with Gasteiger partial charge in [0.05, 0.1) is 33.4 Å². The second-order valence-electron chi connectivity index (χ2n) is 25.5. The molecule has 0 saturated heterocycles. The van der Waals surface area contributed by atoms with E-state index in [1.165, 1.54) is 94.0 Å². The van der Waals surface area contributed by atoms with Crippen LogP contribution in [0, 0.1) is 6.33 Å². The highest BCUT2D eigenvalue weighted by Gasteiger charge is 2.37. The van der Waals surface area contributed by atoms with Crippen LogP contribution in [0.5, 0.6) is 11.5 Å². The lowest BCUT2D eigenvalue weighted by atomic mass is 9.74. The van der Waals surface area contributed by atoms with E-state index in [-0.39, 0.29) is 27.1 Å². The number of ether oxygens (including phenoxy) is 1. The first kappa shape index (κ1) is 48.7. The zero-order chi connectivity index (χ0) is 52.2. The van der Waals surface area contributed by atoms with Gasteiger partial charge in [-0.05, 0) is 151 Å². The minimum Gasteiger partial charge on any atom is -0.458 e. The third-order valence-electron chi connectivity index (χ3n) is 17.4. The molecule has 12 rings (SSSR count). The van der Waals surface area contributed by atoms with E-state index in [0.29, 0.717) is 0 Å². The molecule has 3 aromatic heterocycles. The van der Waals surface area contributed by atoms with Crippen LogP contribution in [0.3, 0.4) is 0 Å². The summed E-state index contributed by atoms with van der Waals surface area (Å²) in [5.74, 6) is 2.39. The summed E-state index contributed by atoms with van der Waals surface area (Å²) in [5, 5.41) is 2.34. The van der Waals surface area contributed by atoms with E-state index in [2.05, 4.69) is 248 Å². The van der Waals surface area contributed by atoms with Crippen LogP contribution in [0.1, 0.15) is 143 Å². The van der Waals surface area contributed by atoms with Gasteiger partial charge in [-0.1, -0.05) is 192 Å². The van der Waals surface area contributed by atoms with Crippen LogP contribution in [-0.2, 0) is 27.1 Å². The number of aromatic nitrogens is 4. The van der Waals surface area contributed by atoms with Crippen molar-refractivity contribution in [3.05, 3.63) is 198 Å². The average molecular weight is 985 g/mol. The van der Waals surface area contributed by atoms with Crippen LogP contribution >= 0.6 is 0 Å². The first-order valence-corrected chi connectivity index (χ1v) is 27.5. The molecular weight excluding hydrogens is 913 g/mol. The SMILES string of the molecule is CC(C)(C)c1ccnc(-n2c3ccccc3c3ccc(Oc4cccc(-n5[c-][n+](-c6c(-c7ccc8c(c7)C(C)(C)CCCC8(C)C)cccc6-c6ccc7c(c6)C(C)(C)CCCC7(C)C)c6ccccc65)c4)cc32)c1. The van der Waals surface area contributed by atoms with Crippen molar-refractivity contribution in [1.29, 1.82) is 0 Å². The molecule has 0 fully saturated rings. The summed E-state index contributed by atoms with van der Waals surface area (Å²) in [7, 11) is 0. The first-order chi connectivity index (χ1) is 35.8. The molecule has 5 nitrogen and oxygen atoms in total. The van der Waals surface area contributed by atoms with Crippen LogP contribution < -0.4 is 9.30 Å². The summed E-state index contributed by atoms with van der Waals surface area (Å²) >= 11 is 0. The van der Waals surface area contributed by atoms with Gasteiger partial charge in [-0.3, -0.25) is 13.7 Å². The Hall–Kier alpha value is -7.24. The number of nitrogens with zero attached hydrogens (tertiary/aromatic N) is 4. The Morgan fingerprint density at radius 2 is 1.07 bits per heavy atom. The molecule has 0 amide bonds. The molecule has 0 spiro atoms. The van der Waals surface area contributed by atoms with Gasteiger partial charge in [0, 0.05) is 23.0 Å². The maximum Gasteiger partial charge on any atom is 0.269 e. The molecule has 5 heteroatoms. The van der Waals surface area contributed by atoms with Gasteiger partial charge in [-0.2, -0.15) is 0 Å². The van der Waals surface area contributed by atoms with Crippen LogP contribution in [0.4, 0.5) is 0 Å². The fraction of sp³-hybridized carbons (Fsp3) is 0.314. The van der Waals surface area contributed by atoms with E-state index in [1.807, 2.05) is 12.3 Å². The number of benzene rings is 7. The molecule has 0 N–H and O–H groups in total. The fourth-order valence-corrected chi connectivity index (χ4v) is 13.0. The van der Waals surface area contributed by atoms with Crippen molar-refractivity contribution < 1.29 is 9.30 Å². The topological polar surface area (TPSA) is 35.9 Å². The highest BCUT2D eigenvalue weighted by molar-refractivity contribution is 6.09. The highest BCUT2D eigenvalue weighted by Crippen LogP contribution is 2.48. The summed E-state index contributed by atoms with van der Waals surface area (Å²) in [5.41, 5.74) is 18.6. The Morgan fingerprint density at radius 3 is 1.71 bits per heavy atom. The van der Waals surface area contributed by atoms with Crippen molar-refractivity contribution in [2.75, 3.05) is 0 Å². The zero-order valence-electron chi connectivity index (χ0n) is 46.0. The Morgan fingerprint density at radius 1 is 0.507 bits per heavy atom. The monoisotopic (exact) mass is 985 g/mol. The molecule has 75 heavy (non-hydrogen) atoms. The molecule has 378 valence electrons. The quantitative estimate of drug-likeness (QED) is 0.0906. The molecule has 10 aromatic rings. The molecule has 0 atom stereocenters. The van der Waals surface area contributed by atoms with E-state index in [0.717, 1.165) is 56.1 Å². The van der Waals surface area contributed by atoms with Gasteiger partial charge in [0.25, 0.3) is 6.33 Å². The van der Waals surface area contributed by atoms with Crippen molar-refractivity contribution >= 4 is 32.8 Å². The summed E-state index contributed by atoms with van der Waals surface area (Å²) in [4.78, 5) is 4.92. The highest BCUT2D eigenvalue weighted by atomic mass is 16.5. The van der Waals surface area contributed by atoms with E-state index >= 15 is 0 Å². The molecule has 0 bridgehead atoms. The number of para-hydroxylation sites is 4. The van der Waals surface area contributed by atoms with Gasteiger partial charge in [0.15, 0.2) is 0 Å². The number of fused-ring (bicyclic) bond motifs is 6. The molecule has 0 unspecified atom stereocenters. The number of pyridine rings is 1. The number of rotatable bonds is 7. The van der Waals surface area contributed by atoms with Crippen molar-refractivity contribution in [3.63, 3.8) is 0 Å². The van der Waals surface area contributed by atoms with Crippen molar-refractivity contribution in [1.82, 2.24) is 14.1 Å². The molecule has 0 aliphatic heterocycles. The lowest BCUT2D eigenvalue weighted by Gasteiger charge is -2.31. The third kappa shape index (κ3) is 8.47. The van der Waals surface area contributed by atoms with Gasteiger partial charge in [-0.15, -0.1) is 0 Å². The average Bonchev–Trinajstić information content (AvgIpc) is 3.94. The van der Waals surface area contributed by atoms with Crippen LogP contribution in [-0.4, -0.2) is 14.1 Å². The molecular formula is C70H72N4O. The smallest absolute Gasteiger partial charge is 0.269 e. The van der Waals surface area contributed by atoms with Gasteiger partial charge >= 0.3 is 0 Å². The van der Waals surface area contributed by atoms with Gasteiger partial charge < -0.3 is 4.74 Å². The molecule has 7 aromatic carbocycles. The maximum absolute atomic E-state index is 6.87. The molecule has 0 radical (unpaired) electrons. The predicted octanol–water partition coefficient (Wildman–Crippen LogP) is 18.1. The minimum absolute atomic E-state index is 0.0186. The molecule has 2 aliphatic rings. The number of hydrogen-bond acceptors (Lipinski definition) is 2. The Kier molecular flexibility index (Phi) is 11.5. The van der Waals surface area contributed by atoms with Gasteiger partial charge in [0.1, 0.15) is 17.3 Å². The van der Waals surface area contributed by atoms with Crippen LogP contribution in [0.15, 0.2) is 164 Å². The van der Waals surface area contributed by atoms with E-state index in [1.54, 1.807) is 0 Å². The van der Waals surface area contributed by atoms with Crippen molar-refractivity contribution in [2.24, 2.45) is 0 Å². The van der Waals surface area contributed by atoms with E-state index in [4.69, 9.17) is 9.72 Å². The maximum atomic E-state index is 6.87. The van der Waals surface area contributed by atoms with Gasteiger partial charge in [-0.25, -0.2) is 4.98 Å². The minimum atomic E-state index is -0.0186. The standard InChI is InChI=1S/C70H72N4O/c1-66(2,3)48-34-39-71-64(42-48)74-60-25-13-12-22-54(60)55-31-30-51(44-63(55)74)75-50-21-16-20-49(43-50)72-45-73(62-27-15-14-26-61(62)72)65-52(46-28-32-56-58(40-46)69(8,9)37-18-35-67(56,4)5)23-17-24-53(65)47-29-33-57-59(41-47)70(10,11)38-19-36-68(57,6)7/h12-17,20-34,39-44H,18-19,35-38H2,1-11H3. The largest absolute Gasteiger partial charge is 0.458 e. The Balaban J connectivity index is 1.01.